The topological polar surface area (TPSA) is 87.7 Å². The molecule has 7 heteroatoms. The van der Waals surface area contributed by atoms with E-state index in [1.807, 2.05) is 94.4 Å². The van der Waals surface area contributed by atoms with Crippen molar-refractivity contribution in [2.75, 3.05) is 11.9 Å². The van der Waals surface area contributed by atoms with E-state index >= 15 is 0 Å². The van der Waals surface area contributed by atoms with Gasteiger partial charge >= 0.3 is 6.09 Å². The summed E-state index contributed by atoms with van der Waals surface area (Å²) in [5.41, 5.74) is 5.53. The number of rotatable bonds is 14. The van der Waals surface area contributed by atoms with E-state index in [2.05, 4.69) is 17.6 Å². The van der Waals surface area contributed by atoms with Crippen molar-refractivity contribution in [2.45, 2.75) is 112 Å². The molecule has 0 saturated heterocycles. The van der Waals surface area contributed by atoms with Gasteiger partial charge in [-0.2, -0.15) is 0 Å². The minimum Gasteiger partial charge on any atom is -0.444 e. The van der Waals surface area contributed by atoms with E-state index in [-0.39, 0.29) is 18.2 Å². The first-order valence-electron chi connectivity index (χ1n) is 16.6. The Morgan fingerprint density at radius 3 is 2.02 bits per heavy atom. The maximum atomic E-state index is 14.8. The number of aryl methyl sites for hydroxylation is 3. The predicted molar refractivity (Wildman–Crippen MR) is 187 cm³/mol. The second kappa shape index (κ2) is 17.0. The molecule has 0 saturated carbocycles. The zero-order chi connectivity index (χ0) is 33.9. The summed E-state index contributed by atoms with van der Waals surface area (Å²) in [6.45, 7) is 15.8. The van der Waals surface area contributed by atoms with E-state index in [0.29, 0.717) is 6.54 Å². The van der Waals surface area contributed by atoms with Gasteiger partial charge in [-0.15, -0.1) is 0 Å². The average molecular weight is 628 g/mol. The molecule has 3 amide bonds. The van der Waals surface area contributed by atoms with Gasteiger partial charge in [-0.05, 0) is 88.3 Å². The second-order valence-electron chi connectivity index (χ2n) is 13.3. The lowest BCUT2D eigenvalue weighted by atomic mass is 9.94. The van der Waals surface area contributed by atoms with Crippen LogP contribution in [0.15, 0.2) is 66.7 Å². The Kier molecular flexibility index (Phi) is 13.4. The first-order valence-corrected chi connectivity index (χ1v) is 16.6. The molecule has 2 unspecified atom stereocenters. The fourth-order valence-corrected chi connectivity index (χ4v) is 5.68. The molecule has 0 spiro atoms. The summed E-state index contributed by atoms with van der Waals surface area (Å²) in [6, 6.07) is 19.5. The quantitative estimate of drug-likeness (QED) is 0.175. The molecule has 3 aromatic carbocycles. The number of hydrogen-bond acceptors (Lipinski definition) is 4. The lowest BCUT2D eigenvalue weighted by molar-refractivity contribution is -0.140. The van der Waals surface area contributed by atoms with Crippen LogP contribution < -0.4 is 10.6 Å². The number of ether oxygens (including phenoxy) is 1. The fourth-order valence-electron chi connectivity index (χ4n) is 5.68. The minimum atomic E-state index is -0.950. The zero-order valence-corrected chi connectivity index (χ0v) is 29.0. The van der Waals surface area contributed by atoms with Crippen LogP contribution in [0.3, 0.4) is 0 Å². The summed E-state index contributed by atoms with van der Waals surface area (Å²) in [7, 11) is 0. The van der Waals surface area contributed by atoms with E-state index in [9.17, 15) is 14.4 Å². The first kappa shape index (κ1) is 36.3. The highest BCUT2D eigenvalue weighted by molar-refractivity contribution is 6.00. The van der Waals surface area contributed by atoms with Crippen molar-refractivity contribution in [3.63, 3.8) is 0 Å². The molecule has 0 aliphatic heterocycles. The van der Waals surface area contributed by atoms with Crippen molar-refractivity contribution >= 4 is 23.6 Å². The zero-order valence-electron chi connectivity index (χ0n) is 29.0. The van der Waals surface area contributed by atoms with Crippen LogP contribution in [0.1, 0.15) is 99.2 Å². The van der Waals surface area contributed by atoms with Gasteiger partial charge in [-0.3, -0.25) is 9.59 Å². The summed E-state index contributed by atoms with van der Waals surface area (Å²) in [6.07, 6.45) is 4.50. The van der Waals surface area contributed by atoms with Gasteiger partial charge in [-0.1, -0.05) is 99.3 Å². The Bertz CT molecular complexity index is 1440. The summed E-state index contributed by atoms with van der Waals surface area (Å²) < 4.78 is 5.59. The highest BCUT2D eigenvalue weighted by atomic mass is 16.6. The number of hydrogen-bond donors (Lipinski definition) is 2. The number of anilines is 1. The minimum absolute atomic E-state index is 0.253. The van der Waals surface area contributed by atoms with Crippen molar-refractivity contribution in [2.24, 2.45) is 0 Å². The number of carbonyl (C=O) groups is 3. The van der Waals surface area contributed by atoms with Gasteiger partial charge in [0.05, 0.1) is 0 Å². The van der Waals surface area contributed by atoms with E-state index in [1.165, 1.54) is 0 Å². The van der Waals surface area contributed by atoms with Gasteiger partial charge in [-0.25, -0.2) is 4.79 Å². The van der Waals surface area contributed by atoms with Crippen LogP contribution in [0.2, 0.25) is 0 Å². The molecule has 46 heavy (non-hydrogen) atoms. The highest BCUT2D eigenvalue weighted by Gasteiger charge is 2.37. The molecule has 0 aromatic heterocycles. The SMILES string of the molecule is CCCCCCCN(C(=O)C(Cc1ccccc1)NC(=O)OC(C)(C)C)C(C(=O)Nc1c(C)cccc1C)c1cccc(C)c1C. The fraction of sp³-hybridized carbons (Fsp3) is 0.462. The standard InChI is InChI=1S/C39H53N3O4/c1-9-10-11-12-16-25-42(37(44)33(26-31-22-14-13-15-23-31)40-38(45)46-39(6,7)8)35(32-24-18-19-27(2)30(32)5)36(43)41-34-28(3)20-17-21-29(34)4/h13-15,17-24,33,35H,9-12,16,25-26H2,1-8H3,(H,40,45)(H,41,43). The van der Waals surface area contributed by atoms with Gasteiger partial charge in [0.2, 0.25) is 5.91 Å². The number of benzene rings is 3. The average Bonchev–Trinajstić information content (AvgIpc) is 2.99. The Morgan fingerprint density at radius 1 is 0.783 bits per heavy atom. The molecule has 248 valence electrons. The van der Waals surface area contributed by atoms with Crippen LogP contribution in [-0.4, -0.2) is 41.0 Å². The molecule has 3 aromatic rings. The molecule has 2 N–H and O–H groups in total. The third kappa shape index (κ3) is 10.5. The third-order valence-corrected chi connectivity index (χ3v) is 8.29. The molecule has 0 heterocycles. The Labute approximate surface area is 276 Å². The lowest BCUT2D eigenvalue weighted by Gasteiger charge is -2.35. The predicted octanol–water partition coefficient (Wildman–Crippen LogP) is 8.54. The van der Waals surface area contributed by atoms with Crippen LogP contribution >= 0.6 is 0 Å². The summed E-state index contributed by atoms with van der Waals surface area (Å²) in [5.74, 6) is -0.614. The van der Waals surface area contributed by atoms with Crippen molar-refractivity contribution in [3.05, 3.63) is 100 Å². The smallest absolute Gasteiger partial charge is 0.408 e. The molecule has 0 aliphatic carbocycles. The van der Waals surface area contributed by atoms with Crippen molar-refractivity contribution in [1.29, 1.82) is 0 Å². The van der Waals surface area contributed by atoms with Crippen molar-refractivity contribution < 1.29 is 19.1 Å². The van der Waals surface area contributed by atoms with Gasteiger partial charge < -0.3 is 20.3 Å². The first-order chi connectivity index (χ1) is 21.8. The number of nitrogens with zero attached hydrogens (tertiary/aromatic N) is 1. The van der Waals surface area contributed by atoms with Gasteiger partial charge in [0.1, 0.15) is 17.7 Å². The molecular formula is C39H53N3O4. The second-order valence-corrected chi connectivity index (χ2v) is 13.3. The summed E-state index contributed by atoms with van der Waals surface area (Å²) in [5, 5.41) is 6.05. The van der Waals surface area contributed by atoms with Crippen LogP contribution in [0, 0.1) is 27.7 Å². The Morgan fingerprint density at radius 2 is 1.39 bits per heavy atom. The number of carbonyl (C=O) groups excluding carboxylic acids is 3. The van der Waals surface area contributed by atoms with Crippen molar-refractivity contribution in [3.8, 4) is 0 Å². The maximum absolute atomic E-state index is 14.8. The summed E-state index contributed by atoms with van der Waals surface area (Å²) >= 11 is 0. The van der Waals surface area contributed by atoms with E-state index in [4.69, 9.17) is 4.74 Å². The number of unbranched alkanes of at least 4 members (excludes halogenated alkanes) is 4. The van der Waals surface area contributed by atoms with Gasteiger partial charge in [0, 0.05) is 18.7 Å². The lowest BCUT2D eigenvalue weighted by Crippen LogP contribution is -2.53. The van der Waals surface area contributed by atoms with Gasteiger partial charge in [0.15, 0.2) is 0 Å². The number of nitrogens with one attached hydrogen (secondary N) is 2. The van der Waals surface area contributed by atoms with Crippen LogP contribution in [0.25, 0.3) is 0 Å². The number of alkyl carbamates (subject to hydrolysis) is 1. The highest BCUT2D eigenvalue weighted by Crippen LogP contribution is 2.31. The summed E-state index contributed by atoms with van der Waals surface area (Å²) in [4.78, 5) is 44.2. The number of para-hydroxylation sites is 1. The van der Waals surface area contributed by atoms with E-state index in [0.717, 1.165) is 71.2 Å². The molecule has 7 nitrogen and oxygen atoms in total. The van der Waals surface area contributed by atoms with E-state index < -0.39 is 23.8 Å². The molecule has 3 rings (SSSR count). The Balaban J connectivity index is 2.13. The van der Waals surface area contributed by atoms with E-state index in [1.54, 1.807) is 25.7 Å². The van der Waals surface area contributed by atoms with Crippen LogP contribution in [-0.2, 0) is 20.7 Å². The van der Waals surface area contributed by atoms with Gasteiger partial charge in [0.25, 0.3) is 5.91 Å². The molecule has 0 bridgehead atoms. The molecule has 0 radical (unpaired) electrons. The molecule has 2 atom stereocenters. The molecular weight excluding hydrogens is 574 g/mol. The largest absolute Gasteiger partial charge is 0.444 e. The van der Waals surface area contributed by atoms with Crippen LogP contribution in [0.4, 0.5) is 10.5 Å². The van der Waals surface area contributed by atoms with Crippen LogP contribution in [0.5, 0.6) is 0 Å². The number of amides is 3. The third-order valence-electron chi connectivity index (χ3n) is 8.29. The normalized spacial score (nSPS) is 12.6. The monoisotopic (exact) mass is 627 g/mol. The maximum Gasteiger partial charge on any atom is 0.408 e. The molecule has 0 fully saturated rings. The Hall–Kier alpha value is -4.13. The van der Waals surface area contributed by atoms with Crippen molar-refractivity contribution in [1.82, 2.24) is 10.2 Å². The molecule has 0 aliphatic rings.